The predicted molar refractivity (Wildman–Crippen MR) is 75.2 cm³/mol. The van der Waals surface area contributed by atoms with Gasteiger partial charge in [-0.25, -0.2) is 4.39 Å². The molecule has 0 amide bonds. The Labute approximate surface area is 152 Å². The summed E-state index contributed by atoms with van der Waals surface area (Å²) in [6.45, 7) is 10.3. The summed E-state index contributed by atoms with van der Waals surface area (Å²) in [7, 11) is 0. The zero-order chi connectivity index (χ0) is 13.7. The molecule has 1 aromatic rings. The minimum absolute atomic E-state index is 0. The van der Waals surface area contributed by atoms with Crippen LogP contribution >= 0.6 is 0 Å². The first-order valence-electron chi connectivity index (χ1n) is 6.90. The molecule has 0 spiro atoms. The van der Waals surface area contributed by atoms with Gasteiger partial charge in [0.1, 0.15) is 6.17 Å². The molecule has 0 nitrogen and oxygen atoms in total. The van der Waals surface area contributed by atoms with Crippen LogP contribution in [-0.4, -0.2) is 6.17 Å². The SMILES string of the molecule is CC1CC(C)C(F)C(C)C1.Cc1[c-]cc(C)c[c-]1.[W].[W]. The molecule has 1 aliphatic carbocycles. The second-order valence-corrected chi connectivity index (χ2v) is 5.92. The van der Waals surface area contributed by atoms with Gasteiger partial charge in [-0.3, -0.25) is 23.3 Å². The Bertz CT molecular complexity index is 318. The Morgan fingerprint density at radius 3 is 1.70 bits per heavy atom. The molecule has 0 radical (unpaired) electrons. The summed E-state index contributed by atoms with van der Waals surface area (Å²) in [6.07, 6.45) is 1.60. The molecule has 2 atom stereocenters. The van der Waals surface area contributed by atoms with E-state index in [-0.39, 0.29) is 42.1 Å². The number of rotatable bonds is 0. The Balaban J connectivity index is 0. The topological polar surface area (TPSA) is 0 Å². The second-order valence-electron chi connectivity index (χ2n) is 5.92. The van der Waals surface area contributed by atoms with Crippen molar-refractivity contribution in [3.63, 3.8) is 0 Å². The Morgan fingerprint density at radius 1 is 0.950 bits per heavy atom. The van der Waals surface area contributed by atoms with E-state index in [9.17, 15) is 4.39 Å². The fourth-order valence-corrected chi connectivity index (χ4v) is 2.71. The van der Waals surface area contributed by atoms with Gasteiger partial charge in [0.25, 0.3) is 0 Å². The van der Waals surface area contributed by atoms with Gasteiger partial charge in [-0.2, -0.15) is 0 Å². The van der Waals surface area contributed by atoms with Gasteiger partial charge in [0.2, 0.25) is 0 Å². The van der Waals surface area contributed by atoms with Crippen LogP contribution in [0, 0.1) is 43.7 Å². The zero-order valence-electron chi connectivity index (χ0n) is 13.1. The fourth-order valence-electron chi connectivity index (χ4n) is 2.71. The number of hydrogen-bond acceptors (Lipinski definition) is 0. The van der Waals surface area contributed by atoms with Gasteiger partial charge in [0, 0.05) is 42.1 Å². The van der Waals surface area contributed by atoms with E-state index in [0.29, 0.717) is 11.8 Å². The molecule has 2 unspecified atom stereocenters. The molecule has 20 heavy (non-hydrogen) atoms. The first-order chi connectivity index (χ1) is 8.40. The monoisotopic (exact) mass is 616 g/mol. The molecule has 1 fully saturated rings. The molecule has 0 N–H and O–H groups in total. The summed E-state index contributed by atoms with van der Waals surface area (Å²) < 4.78 is 13.1. The zero-order valence-corrected chi connectivity index (χ0v) is 18.9. The maximum absolute atomic E-state index is 13.1. The molecule has 0 aromatic heterocycles. The van der Waals surface area contributed by atoms with Crippen molar-refractivity contribution in [3.05, 3.63) is 35.4 Å². The molecule has 3 heteroatoms. The van der Waals surface area contributed by atoms with Crippen molar-refractivity contribution in [1.82, 2.24) is 0 Å². The molecular formula is C17H25FW2-2. The average Bonchev–Trinajstić information content (AvgIpc) is 2.31. The number of benzene rings is 1. The van der Waals surface area contributed by atoms with Crippen molar-refractivity contribution in [2.45, 2.75) is 53.6 Å². The molecule has 0 saturated heterocycles. The van der Waals surface area contributed by atoms with Crippen molar-refractivity contribution in [1.29, 1.82) is 0 Å². The van der Waals surface area contributed by atoms with Crippen LogP contribution in [-0.2, 0) is 42.1 Å². The normalized spacial score (nSPS) is 28.3. The largest absolute Gasteiger partial charge is 0.356 e. The fraction of sp³-hybridized carbons (Fsp3) is 0.647. The van der Waals surface area contributed by atoms with E-state index in [1.54, 1.807) is 0 Å². The Hall–Kier alpha value is 0.527. The van der Waals surface area contributed by atoms with E-state index >= 15 is 0 Å². The predicted octanol–water partition coefficient (Wildman–Crippen LogP) is 4.93. The summed E-state index contributed by atoms with van der Waals surface area (Å²) in [5.74, 6) is 1.31. The van der Waals surface area contributed by atoms with Crippen molar-refractivity contribution in [2.24, 2.45) is 17.8 Å². The van der Waals surface area contributed by atoms with Crippen LogP contribution in [0.4, 0.5) is 4.39 Å². The molecule has 0 heterocycles. The van der Waals surface area contributed by atoms with Crippen molar-refractivity contribution in [2.75, 3.05) is 0 Å². The van der Waals surface area contributed by atoms with Gasteiger partial charge in [-0.05, 0) is 30.6 Å². The van der Waals surface area contributed by atoms with Gasteiger partial charge >= 0.3 is 0 Å². The summed E-state index contributed by atoms with van der Waals surface area (Å²) in [5.41, 5.74) is 2.30. The van der Waals surface area contributed by atoms with E-state index in [2.05, 4.69) is 19.1 Å². The Kier molecular flexibility index (Phi) is 12.7. The number of alkyl halides is 1. The van der Waals surface area contributed by atoms with Gasteiger partial charge < -0.3 is 12.1 Å². The minimum Gasteiger partial charge on any atom is -0.356 e. The molecule has 2 rings (SSSR count). The minimum atomic E-state index is -0.545. The maximum atomic E-state index is 13.1. The van der Waals surface area contributed by atoms with E-state index in [0.717, 1.165) is 24.3 Å². The standard InChI is InChI=1S/C9H17F.C8H8.2W/c1-6-4-7(2)9(10)8(3)5-6;1-7-3-5-8(2)6-4-7;;/h6-9H,4-5H2,1-3H3;3-4H,1-2H3;;/q;-2;;. The van der Waals surface area contributed by atoms with Crippen LogP contribution in [0.15, 0.2) is 12.1 Å². The van der Waals surface area contributed by atoms with Crippen LogP contribution in [0.3, 0.4) is 0 Å². The smallest absolute Gasteiger partial charge is 0.105 e. The third-order valence-electron chi connectivity index (χ3n) is 3.67. The van der Waals surface area contributed by atoms with E-state index in [1.165, 1.54) is 5.56 Å². The van der Waals surface area contributed by atoms with Gasteiger partial charge in [0.15, 0.2) is 0 Å². The number of aryl methyl sites for hydroxylation is 2. The van der Waals surface area contributed by atoms with E-state index in [4.69, 9.17) is 0 Å². The second kappa shape index (κ2) is 11.1. The van der Waals surface area contributed by atoms with Gasteiger partial charge in [-0.15, -0.1) is 6.92 Å². The van der Waals surface area contributed by atoms with Gasteiger partial charge in [0.05, 0.1) is 0 Å². The summed E-state index contributed by atoms with van der Waals surface area (Å²) >= 11 is 0. The maximum Gasteiger partial charge on any atom is 0.105 e. The molecule has 0 bridgehead atoms. The van der Waals surface area contributed by atoms with Crippen LogP contribution in [0.25, 0.3) is 0 Å². The van der Waals surface area contributed by atoms with Crippen molar-refractivity contribution in [3.8, 4) is 0 Å². The van der Waals surface area contributed by atoms with Gasteiger partial charge in [-0.1, -0.05) is 27.7 Å². The van der Waals surface area contributed by atoms with Crippen LogP contribution in [0.5, 0.6) is 0 Å². The summed E-state index contributed by atoms with van der Waals surface area (Å²) in [6, 6.07) is 10.0. The summed E-state index contributed by atoms with van der Waals surface area (Å²) in [5, 5.41) is 0. The van der Waals surface area contributed by atoms with Crippen LogP contribution in [0.1, 0.15) is 44.7 Å². The van der Waals surface area contributed by atoms with E-state index in [1.807, 2.05) is 39.8 Å². The average molecular weight is 616 g/mol. The first kappa shape index (κ1) is 22.8. The molecule has 1 saturated carbocycles. The molecule has 1 aromatic carbocycles. The number of halogens is 1. The molecule has 114 valence electrons. The third-order valence-corrected chi connectivity index (χ3v) is 3.67. The quantitative estimate of drug-likeness (QED) is 0.364. The molecular weight excluding hydrogens is 591 g/mol. The number of hydrogen-bond donors (Lipinski definition) is 0. The third kappa shape index (κ3) is 8.09. The summed E-state index contributed by atoms with van der Waals surface area (Å²) in [4.78, 5) is 0. The van der Waals surface area contributed by atoms with Crippen molar-refractivity contribution >= 4 is 0 Å². The van der Waals surface area contributed by atoms with Crippen LogP contribution in [0.2, 0.25) is 0 Å². The van der Waals surface area contributed by atoms with E-state index < -0.39 is 6.17 Å². The van der Waals surface area contributed by atoms with Crippen LogP contribution < -0.4 is 0 Å². The Morgan fingerprint density at radius 2 is 1.35 bits per heavy atom. The first-order valence-corrected chi connectivity index (χ1v) is 6.90. The van der Waals surface area contributed by atoms with Crippen molar-refractivity contribution < 1.29 is 46.5 Å². The molecule has 0 aliphatic heterocycles. The molecule has 1 aliphatic rings.